The van der Waals surface area contributed by atoms with E-state index in [1.54, 1.807) is 49.6 Å². The number of amides is 1. The smallest absolute Gasteiger partial charge is 0.301 e. The van der Waals surface area contributed by atoms with Crippen LogP contribution in [0, 0.1) is 0 Å². The van der Waals surface area contributed by atoms with Gasteiger partial charge in [-0.25, -0.2) is 0 Å². The van der Waals surface area contributed by atoms with Gasteiger partial charge in [0.1, 0.15) is 11.5 Å². The van der Waals surface area contributed by atoms with Gasteiger partial charge in [0.25, 0.3) is 5.78 Å². The fraction of sp³-hybridized carbons (Fsp3) is 0.351. The number of rotatable bonds is 17. The molecular weight excluding hydrogens is 647 g/mol. The molecule has 9 nitrogen and oxygen atoms in total. The minimum Gasteiger partial charge on any atom is -0.507 e. The van der Waals surface area contributed by atoms with E-state index in [2.05, 4.69) is 24.0 Å². The van der Waals surface area contributed by atoms with Gasteiger partial charge in [0.05, 0.1) is 31.9 Å². The molecule has 3 aromatic carbocycles. The van der Waals surface area contributed by atoms with E-state index < -0.39 is 17.7 Å². The van der Waals surface area contributed by atoms with Crippen molar-refractivity contribution in [1.82, 2.24) is 10.2 Å². The van der Waals surface area contributed by atoms with Crippen LogP contribution in [0.5, 0.6) is 17.2 Å². The van der Waals surface area contributed by atoms with Crippen LogP contribution in [0.2, 0.25) is 0 Å². The number of Topliss-reactive ketones (excluding diaryl/α,β-unsaturated/α-hetero) is 1. The van der Waals surface area contributed by atoms with Crippen molar-refractivity contribution >= 4 is 45.7 Å². The molecule has 0 radical (unpaired) electrons. The van der Waals surface area contributed by atoms with Gasteiger partial charge in [-0.15, -0.1) is 10.2 Å². The molecule has 1 N–H and O–H groups in total. The Morgan fingerprint density at radius 1 is 0.875 bits per heavy atom. The third-order valence-corrected chi connectivity index (χ3v) is 10.0. The van der Waals surface area contributed by atoms with Crippen molar-refractivity contribution in [2.75, 3.05) is 25.2 Å². The zero-order valence-corrected chi connectivity index (χ0v) is 29.1. The molecule has 1 atom stereocenters. The summed E-state index contributed by atoms with van der Waals surface area (Å²) < 4.78 is 18.2. The summed E-state index contributed by atoms with van der Waals surface area (Å²) in [5.41, 5.74) is 2.01. The zero-order chi connectivity index (χ0) is 33.9. The minimum absolute atomic E-state index is 0.0522. The lowest BCUT2D eigenvalue weighted by molar-refractivity contribution is -0.132. The van der Waals surface area contributed by atoms with Crippen molar-refractivity contribution in [2.24, 2.45) is 0 Å². The number of ketones is 1. The molecule has 48 heavy (non-hydrogen) atoms. The molecule has 1 unspecified atom stereocenters. The molecule has 1 amide bonds. The molecule has 1 aromatic heterocycles. The summed E-state index contributed by atoms with van der Waals surface area (Å²) in [5.74, 6) is 0.437. The fourth-order valence-electron chi connectivity index (χ4n) is 5.31. The third-order valence-electron chi connectivity index (χ3n) is 7.90. The van der Waals surface area contributed by atoms with E-state index in [9.17, 15) is 14.7 Å². The average Bonchev–Trinajstić information content (AvgIpc) is 3.69. The molecule has 1 fully saturated rings. The molecule has 1 aliphatic rings. The first-order chi connectivity index (χ1) is 23.4. The Morgan fingerprint density at radius 3 is 2.35 bits per heavy atom. The highest BCUT2D eigenvalue weighted by Gasteiger charge is 2.48. The van der Waals surface area contributed by atoms with Crippen LogP contribution in [0.15, 0.2) is 82.7 Å². The maximum atomic E-state index is 13.8. The van der Waals surface area contributed by atoms with E-state index >= 15 is 0 Å². The van der Waals surface area contributed by atoms with Gasteiger partial charge in [0.2, 0.25) is 5.13 Å². The van der Waals surface area contributed by atoms with E-state index in [0.29, 0.717) is 51.7 Å². The van der Waals surface area contributed by atoms with Gasteiger partial charge in [-0.1, -0.05) is 99.0 Å². The SMILES string of the molecule is CCCCCCOc1ccc(C2/C(=C(/O)c3ccc(OCCCC)cc3)C(=O)C(=O)N2c2nnc(SCc3ccccc3)s2)cc1OC. The second-order valence-electron chi connectivity index (χ2n) is 11.3. The van der Waals surface area contributed by atoms with Crippen LogP contribution in [0.4, 0.5) is 5.13 Å². The van der Waals surface area contributed by atoms with E-state index in [1.807, 2.05) is 30.3 Å². The van der Waals surface area contributed by atoms with Crippen LogP contribution in [0.1, 0.15) is 75.1 Å². The fourth-order valence-corrected chi connectivity index (χ4v) is 7.13. The normalized spacial score (nSPS) is 15.6. The summed E-state index contributed by atoms with van der Waals surface area (Å²) in [6, 6.07) is 21.1. The summed E-state index contributed by atoms with van der Waals surface area (Å²) >= 11 is 2.72. The summed E-state index contributed by atoms with van der Waals surface area (Å²) in [4.78, 5) is 28.8. The van der Waals surface area contributed by atoms with Crippen molar-refractivity contribution in [3.05, 3.63) is 95.1 Å². The minimum atomic E-state index is -0.988. The predicted octanol–water partition coefficient (Wildman–Crippen LogP) is 8.60. The van der Waals surface area contributed by atoms with Crippen LogP contribution in [0.3, 0.4) is 0 Å². The van der Waals surface area contributed by atoms with Crippen molar-refractivity contribution in [3.63, 3.8) is 0 Å². The van der Waals surface area contributed by atoms with Crippen LogP contribution in [0.25, 0.3) is 5.76 Å². The number of carbonyl (C=O) groups excluding carboxylic acids is 2. The Bertz CT molecular complexity index is 1710. The molecule has 0 aliphatic carbocycles. The Balaban J connectivity index is 1.50. The number of anilines is 1. The van der Waals surface area contributed by atoms with Gasteiger partial charge in [-0.2, -0.15) is 0 Å². The van der Waals surface area contributed by atoms with Gasteiger partial charge in [-0.05, 0) is 60.4 Å². The van der Waals surface area contributed by atoms with Crippen molar-refractivity contribution < 1.29 is 28.9 Å². The van der Waals surface area contributed by atoms with E-state index in [4.69, 9.17) is 14.2 Å². The van der Waals surface area contributed by atoms with Gasteiger partial charge in [-0.3, -0.25) is 14.5 Å². The predicted molar refractivity (Wildman–Crippen MR) is 190 cm³/mol. The number of aliphatic hydroxyl groups excluding tert-OH is 1. The first kappa shape index (κ1) is 35.0. The Morgan fingerprint density at radius 2 is 1.62 bits per heavy atom. The van der Waals surface area contributed by atoms with E-state index in [0.717, 1.165) is 44.1 Å². The van der Waals surface area contributed by atoms with Crippen molar-refractivity contribution in [2.45, 2.75) is 68.5 Å². The third kappa shape index (κ3) is 8.38. The zero-order valence-electron chi connectivity index (χ0n) is 27.5. The standard InChI is InChI=1S/C37H41N3O6S2/c1-4-6-8-12-22-46-29-20-17-27(23-30(29)44-3)32-31(33(41)26-15-18-28(19-16-26)45-21-7-5-2)34(42)35(43)40(32)36-38-39-37(48-36)47-24-25-13-10-9-11-14-25/h9-11,13-20,23,32,41H,4-8,12,21-22,24H2,1-3H3/b33-31-. The summed E-state index contributed by atoms with van der Waals surface area (Å²) in [5, 5.41) is 20.6. The maximum absolute atomic E-state index is 13.8. The number of hydrogen-bond acceptors (Lipinski definition) is 10. The van der Waals surface area contributed by atoms with Crippen LogP contribution in [-0.2, 0) is 15.3 Å². The molecular formula is C37H41N3O6S2. The Kier molecular flexibility index (Phi) is 12.5. The second kappa shape index (κ2) is 17.2. The van der Waals surface area contributed by atoms with Crippen LogP contribution in [-0.4, -0.2) is 47.3 Å². The van der Waals surface area contributed by atoms with E-state index in [-0.39, 0.29) is 16.5 Å². The molecule has 252 valence electrons. The number of unbranched alkanes of at least 4 members (excludes halogenated alkanes) is 4. The highest BCUT2D eigenvalue weighted by Crippen LogP contribution is 2.45. The number of carbonyl (C=O) groups is 2. The number of aromatic nitrogens is 2. The topological polar surface area (TPSA) is 111 Å². The number of methoxy groups -OCH3 is 1. The van der Waals surface area contributed by atoms with Crippen molar-refractivity contribution in [3.8, 4) is 17.2 Å². The molecule has 1 aliphatic heterocycles. The molecule has 0 bridgehead atoms. The van der Waals surface area contributed by atoms with Crippen LogP contribution >= 0.6 is 23.1 Å². The number of ether oxygens (including phenoxy) is 3. The molecule has 4 aromatic rings. The number of hydrogen-bond donors (Lipinski definition) is 1. The highest BCUT2D eigenvalue weighted by atomic mass is 32.2. The molecule has 5 rings (SSSR count). The Hall–Kier alpha value is -4.35. The average molecular weight is 688 g/mol. The number of thioether (sulfide) groups is 1. The lowest BCUT2D eigenvalue weighted by Gasteiger charge is -2.23. The van der Waals surface area contributed by atoms with Gasteiger partial charge in [0, 0.05) is 11.3 Å². The van der Waals surface area contributed by atoms with Crippen molar-refractivity contribution in [1.29, 1.82) is 0 Å². The molecule has 1 saturated heterocycles. The summed E-state index contributed by atoms with van der Waals surface area (Å²) in [7, 11) is 1.55. The van der Waals surface area contributed by atoms with E-state index in [1.165, 1.54) is 28.0 Å². The second-order valence-corrected chi connectivity index (χ2v) is 13.5. The lowest BCUT2D eigenvalue weighted by Crippen LogP contribution is -2.29. The first-order valence-electron chi connectivity index (χ1n) is 16.3. The lowest BCUT2D eigenvalue weighted by atomic mass is 9.95. The number of aliphatic hydroxyl groups is 1. The maximum Gasteiger partial charge on any atom is 0.301 e. The molecule has 2 heterocycles. The molecule has 11 heteroatoms. The van der Waals surface area contributed by atoms with Crippen LogP contribution < -0.4 is 19.1 Å². The molecule has 0 saturated carbocycles. The summed E-state index contributed by atoms with van der Waals surface area (Å²) in [6.07, 6.45) is 6.21. The largest absolute Gasteiger partial charge is 0.507 e. The Labute approximate surface area is 290 Å². The first-order valence-corrected chi connectivity index (χ1v) is 18.1. The quantitative estimate of drug-likeness (QED) is 0.0291. The highest BCUT2D eigenvalue weighted by molar-refractivity contribution is 8.00. The molecule has 0 spiro atoms. The van der Waals surface area contributed by atoms with Gasteiger partial charge >= 0.3 is 5.91 Å². The number of benzene rings is 3. The monoisotopic (exact) mass is 687 g/mol. The summed E-state index contributed by atoms with van der Waals surface area (Å²) in [6.45, 7) is 5.38. The number of nitrogens with zero attached hydrogens (tertiary/aromatic N) is 3. The van der Waals surface area contributed by atoms with Gasteiger partial charge < -0.3 is 19.3 Å². The van der Waals surface area contributed by atoms with Gasteiger partial charge in [0.15, 0.2) is 15.8 Å².